The van der Waals surface area contributed by atoms with Crippen LogP contribution < -0.4 is 5.32 Å². The summed E-state index contributed by atoms with van der Waals surface area (Å²) in [6.45, 7) is 3.94. The zero-order chi connectivity index (χ0) is 19.0. The van der Waals surface area contributed by atoms with E-state index in [0.29, 0.717) is 18.7 Å². The number of amides is 2. The second kappa shape index (κ2) is 7.09. The molecule has 2 fully saturated rings. The highest BCUT2D eigenvalue weighted by molar-refractivity contribution is 6.02. The molecule has 8 nitrogen and oxygen atoms in total. The Hall–Kier alpha value is -2.77. The topological polar surface area (TPSA) is 93.0 Å². The monoisotopic (exact) mass is 368 g/mol. The van der Waals surface area contributed by atoms with Crippen LogP contribution in [-0.2, 0) is 9.59 Å². The Kier molecular flexibility index (Phi) is 4.63. The Bertz CT molecular complexity index is 836. The molecule has 3 heterocycles. The summed E-state index contributed by atoms with van der Waals surface area (Å²) in [5.41, 5.74) is 1.97. The van der Waals surface area contributed by atoms with E-state index in [1.807, 2.05) is 32.0 Å². The molecular weight excluding hydrogens is 344 g/mol. The summed E-state index contributed by atoms with van der Waals surface area (Å²) in [4.78, 5) is 25.3. The van der Waals surface area contributed by atoms with Crippen molar-refractivity contribution in [2.24, 2.45) is 0 Å². The summed E-state index contributed by atoms with van der Waals surface area (Å²) in [5, 5.41) is 16.4. The first-order valence-corrected chi connectivity index (χ1v) is 9.50. The number of imide groups is 1. The minimum atomic E-state index is -0.0120. The molecule has 1 N–H and O–H groups in total. The van der Waals surface area contributed by atoms with Gasteiger partial charge >= 0.3 is 0 Å². The molecule has 27 heavy (non-hydrogen) atoms. The Morgan fingerprint density at radius 2 is 1.70 bits per heavy atom. The van der Waals surface area contributed by atoms with Gasteiger partial charge in [0.05, 0.1) is 5.69 Å². The van der Waals surface area contributed by atoms with E-state index >= 15 is 0 Å². The maximum atomic E-state index is 11.9. The molecule has 2 amide bonds. The molecule has 142 valence electrons. The normalized spacial score (nSPS) is 23.1. The van der Waals surface area contributed by atoms with E-state index in [1.165, 1.54) is 4.90 Å². The first-order chi connectivity index (χ1) is 13.0. The van der Waals surface area contributed by atoms with Gasteiger partial charge in [0.15, 0.2) is 5.82 Å². The van der Waals surface area contributed by atoms with Crippen LogP contribution in [0.5, 0.6) is 0 Å². The molecule has 1 saturated carbocycles. The molecule has 1 aliphatic carbocycles. The van der Waals surface area contributed by atoms with Crippen molar-refractivity contribution in [3.05, 3.63) is 29.6 Å². The molecule has 2 aliphatic rings. The van der Waals surface area contributed by atoms with Gasteiger partial charge in [-0.25, -0.2) is 4.68 Å². The third kappa shape index (κ3) is 3.56. The van der Waals surface area contributed by atoms with Gasteiger partial charge in [0.25, 0.3) is 0 Å². The van der Waals surface area contributed by atoms with Crippen molar-refractivity contribution < 1.29 is 9.59 Å². The van der Waals surface area contributed by atoms with Crippen molar-refractivity contribution >= 4 is 17.6 Å². The fraction of sp³-hybridized carbons (Fsp3) is 0.526. The zero-order valence-electron chi connectivity index (χ0n) is 15.7. The van der Waals surface area contributed by atoms with E-state index < -0.39 is 0 Å². The van der Waals surface area contributed by atoms with Gasteiger partial charge < -0.3 is 5.32 Å². The fourth-order valence-corrected chi connectivity index (χ4v) is 4.06. The van der Waals surface area contributed by atoms with Gasteiger partial charge in [0.2, 0.25) is 11.8 Å². The maximum absolute atomic E-state index is 11.9. The van der Waals surface area contributed by atoms with Crippen LogP contribution in [0.4, 0.5) is 5.82 Å². The molecule has 0 spiro atoms. The van der Waals surface area contributed by atoms with Crippen molar-refractivity contribution in [2.75, 3.05) is 5.32 Å². The summed E-state index contributed by atoms with van der Waals surface area (Å²) in [5.74, 6) is 1.40. The third-order valence-corrected chi connectivity index (χ3v) is 5.38. The van der Waals surface area contributed by atoms with Crippen LogP contribution in [0, 0.1) is 13.8 Å². The van der Waals surface area contributed by atoms with Crippen molar-refractivity contribution in [1.29, 1.82) is 0 Å². The first-order valence-electron chi connectivity index (χ1n) is 9.50. The standard InChI is InChI=1S/C19H24N6O2/c1-12-11-13(2)25(23-12)17-8-7-16(21-22-17)20-14-3-5-15(6-4-14)24-18(26)9-10-19(24)27/h7-8,11,14-15H,3-6,9-10H2,1-2H3,(H,20,21). The third-order valence-electron chi connectivity index (χ3n) is 5.38. The number of nitrogens with one attached hydrogen (secondary N) is 1. The predicted molar refractivity (Wildman–Crippen MR) is 99.4 cm³/mol. The fourth-order valence-electron chi connectivity index (χ4n) is 4.06. The molecule has 0 bridgehead atoms. The molecule has 0 atom stereocenters. The Balaban J connectivity index is 1.35. The minimum absolute atomic E-state index is 0.0120. The molecule has 1 saturated heterocycles. The minimum Gasteiger partial charge on any atom is -0.366 e. The number of hydrogen-bond donors (Lipinski definition) is 1. The van der Waals surface area contributed by atoms with Crippen LogP contribution >= 0.6 is 0 Å². The van der Waals surface area contributed by atoms with E-state index in [-0.39, 0.29) is 23.9 Å². The van der Waals surface area contributed by atoms with Crippen LogP contribution in [0.2, 0.25) is 0 Å². The molecule has 0 aromatic carbocycles. The smallest absolute Gasteiger partial charge is 0.229 e. The number of rotatable bonds is 4. The summed E-state index contributed by atoms with van der Waals surface area (Å²) in [6.07, 6.45) is 4.23. The quantitative estimate of drug-likeness (QED) is 0.831. The summed E-state index contributed by atoms with van der Waals surface area (Å²) in [6, 6.07) is 6.16. The van der Waals surface area contributed by atoms with E-state index in [0.717, 1.165) is 42.9 Å². The summed E-state index contributed by atoms with van der Waals surface area (Å²) >= 11 is 0. The van der Waals surface area contributed by atoms with Gasteiger partial charge in [0, 0.05) is 30.6 Å². The van der Waals surface area contributed by atoms with E-state index in [1.54, 1.807) is 4.68 Å². The van der Waals surface area contributed by atoms with E-state index in [2.05, 4.69) is 20.6 Å². The molecule has 2 aromatic heterocycles. The molecule has 0 unspecified atom stereocenters. The number of carbonyl (C=O) groups excluding carboxylic acids is 2. The van der Waals surface area contributed by atoms with E-state index in [4.69, 9.17) is 0 Å². The lowest BCUT2D eigenvalue weighted by molar-refractivity contribution is -0.141. The number of anilines is 1. The highest BCUT2D eigenvalue weighted by Crippen LogP contribution is 2.28. The van der Waals surface area contributed by atoms with Crippen molar-refractivity contribution in [1.82, 2.24) is 24.9 Å². The maximum Gasteiger partial charge on any atom is 0.229 e. The zero-order valence-corrected chi connectivity index (χ0v) is 15.7. The number of hydrogen-bond acceptors (Lipinski definition) is 6. The number of nitrogens with zero attached hydrogens (tertiary/aromatic N) is 5. The molecule has 0 radical (unpaired) electrons. The lowest BCUT2D eigenvalue weighted by Crippen LogP contribution is -2.43. The first kappa shape index (κ1) is 17.6. The Morgan fingerprint density at radius 3 is 2.26 bits per heavy atom. The molecule has 8 heteroatoms. The van der Waals surface area contributed by atoms with E-state index in [9.17, 15) is 9.59 Å². The molecule has 4 rings (SSSR count). The van der Waals surface area contributed by atoms with Crippen LogP contribution in [0.15, 0.2) is 18.2 Å². The average Bonchev–Trinajstić information content (AvgIpc) is 3.17. The van der Waals surface area contributed by atoms with Crippen molar-refractivity contribution in [3.8, 4) is 5.82 Å². The lowest BCUT2D eigenvalue weighted by Gasteiger charge is -2.33. The SMILES string of the molecule is Cc1cc(C)n(-c2ccc(NC3CCC(N4C(=O)CCC4=O)CC3)nn2)n1. The van der Waals surface area contributed by atoms with Gasteiger partial charge in [0.1, 0.15) is 5.82 Å². The van der Waals surface area contributed by atoms with Gasteiger partial charge in [-0.3, -0.25) is 14.5 Å². The van der Waals surface area contributed by atoms with Gasteiger partial charge in [-0.2, -0.15) is 5.10 Å². The highest BCUT2D eigenvalue weighted by atomic mass is 16.2. The summed E-state index contributed by atoms with van der Waals surface area (Å²) < 4.78 is 1.78. The van der Waals surface area contributed by atoms with Crippen LogP contribution in [-0.4, -0.2) is 48.8 Å². The lowest BCUT2D eigenvalue weighted by atomic mass is 9.90. The molecule has 2 aromatic rings. The van der Waals surface area contributed by atoms with Gasteiger partial charge in [-0.1, -0.05) is 0 Å². The predicted octanol–water partition coefficient (Wildman–Crippen LogP) is 2.15. The Labute approximate surface area is 158 Å². The number of likely N-dealkylation sites (tertiary alicyclic amines) is 1. The van der Waals surface area contributed by atoms with Crippen LogP contribution in [0.3, 0.4) is 0 Å². The second-order valence-electron chi connectivity index (χ2n) is 7.42. The van der Waals surface area contributed by atoms with Gasteiger partial charge in [-0.05, 0) is 57.7 Å². The van der Waals surface area contributed by atoms with Crippen molar-refractivity contribution in [2.45, 2.75) is 64.5 Å². The van der Waals surface area contributed by atoms with Gasteiger partial charge in [-0.15, -0.1) is 10.2 Å². The van der Waals surface area contributed by atoms with Crippen LogP contribution in [0.1, 0.15) is 49.9 Å². The van der Waals surface area contributed by atoms with Crippen LogP contribution in [0.25, 0.3) is 5.82 Å². The molecular formula is C19H24N6O2. The Morgan fingerprint density at radius 1 is 1.00 bits per heavy atom. The molecule has 1 aliphatic heterocycles. The largest absolute Gasteiger partial charge is 0.366 e. The number of aromatic nitrogens is 4. The number of carbonyl (C=O) groups is 2. The highest BCUT2D eigenvalue weighted by Gasteiger charge is 2.36. The summed E-state index contributed by atoms with van der Waals surface area (Å²) in [7, 11) is 0. The average molecular weight is 368 g/mol. The second-order valence-corrected chi connectivity index (χ2v) is 7.42. The number of aryl methyl sites for hydroxylation is 2. The van der Waals surface area contributed by atoms with Crippen molar-refractivity contribution in [3.63, 3.8) is 0 Å².